The summed E-state index contributed by atoms with van der Waals surface area (Å²) in [4.78, 5) is 6.63. The first-order chi connectivity index (χ1) is 9.43. The van der Waals surface area contributed by atoms with Gasteiger partial charge in [0.25, 0.3) is 0 Å². The molecular weight excluding hydrogens is 276 g/mol. The van der Waals surface area contributed by atoms with Crippen molar-refractivity contribution < 1.29 is 8.42 Å². The normalized spacial score (nSPS) is 20.1. The van der Waals surface area contributed by atoms with E-state index in [0.29, 0.717) is 6.04 Å². The van der Waals surface area contributed by atoms with Gasteiger partial charge in [-0.1, -0.05) is 0 Å². The summed E-state index contributed by atoms with van der Waals surface area (Å²) < 4.78 is 25.1. The molecule has 0 bridgehead atoms. The van der Waals surface area contributed by atoms with Crippen molar-refractivity contribution in [3.8, 4) is 0 Å². The number of aromatic nitrogens is 1. The van der Waals surface area contributed by atoms with Crippen LogP contribution in [0.3, 0.4) is 0 Å². The molecule has 1 aliphatic heterocycles. The van der Waals surface area contributed by atoms with Crippen LogP contribution in [0.15, 0.2) is 23.2 Å². The second-order valence-corrected chi connectivity index (χ2v) is 7.40. The molecule has 1 aromatic heterocycles. The monoisotopic (exact) mass is 298 g/mol. The predicted octanol–water partition coefficient (Wildman–Crippen LogP) is 0.520. The standard InChI is InChI=1S/C13H22N4O2S/c1-16(2)20(18,19)12-6-7-13(15-10-12)17(3)11-5-4-8-14-9-11/h6-7,10-11,14H,4-5,8-9H2,1-3H3. The topological polar surface area (TPSA) is 65.5 Å². The van der Waals surface area contributed by atoms with Crippen LogP contribution in [-0.4, -0.2) is 58.0 Å². The van der Waals surface area contributed by atoms with Crippen LogP contribution in [0.4, 0.5) is 5.82 Å². The van der Waals surface area contributed by atoms with Crippen LogP contribution in [0.5, 0.6) is 0 Å². The lowest BCUT2D eigenvalue weighted by molar-refractivity contribution is 0.443. The van der Waals surface area contributed by atoms with E-state index in [-0.39, 0.29) is 4.90 Å². The summed E-state index contributed by atoms with van der Waals surface area (Å²) in [5, 5.41) is 3.36. The predicted molar refractivity (Wildman–Crippen MR) is 79.4 cm³/mol. The Bertz CT molecular complexity index is 536. The van der Waals surface area contributed by atoms with Crippen molar-refractivity contribution in [1.82, 2.24) is 14.6 Å². The van der Waals surface area contributed by atoms with Gasteiger partial charge >= 0.3 is 0 Å². The molecule has 0 saturated carbocycles. The summed E-state index contributed by atoms with van der Waals surface area (Å²) in [6.45, 7) is 2.01. The molecule has 0 aliphatic carbocycles. The third kappa shape index (κ3) is 3.11. The highest BCUT2D eigenvalue weighted by Crippen LogP contribution is 2.19. The molecule has 0 spiro atoms. The number of piperidine rings is 1. The fraction of sp³-hybridized carbons (Fsp3) is 0.615. The number of rotatable bonds is 4. The third-order valence-corrected chi connectivity index (χ3v) is 5.48. The second-order valence-electron chi connectivity index (χ2n) is 5.25. The average Bonchev–Trinajstić information content (AvgIpc) is 2.47. The number of anilines is 1. The summed E-state index contributed by atoms with van der Waals surface area (Å²) in [6, 6.07) is 3.79. The Kier molecular flexibility index (Phi) is 4.62. The quantitative estimate of drug-likeness (QED) is 0.878. The van der Waals surface area contributed by atoms with Gasteiger partial charge < -0.3 is 10.2 Å². The number of hydrogen-bond donors (Lipinski definition) is 1. The van der Waals surface area contributed by atoms with Crippen LogP contribution in [0, 0.1) is 0 Å². The first-order valence-corrected chi connectivity index (χ1v) is 8.19. The molecule has 0 amide bonds. The maximum Gasteiger partial charge on any atom is 0.244 e. The number of likely N-dealkylation sites (N-methyl/N-ethyl adjacent to an activating group) is 1. The number of pyridine rings is 1. The van der Waals surface area contributed by atoms with Crippen LogP contribution in [0.1, 0.15) is 12.8 Å². The van der Waals surface area contributed by atoms with Crippen LogP contribution in [-0.2, 0) is 10.0 Å². The van der Waals surface area contributed by atoms with E-state index in [9.17, 15) is 8.42 Å². The molecule has 2 rings (SSSR count). The van der Waals surface area contributed by atoms with Gasteiger partial charge in [-0.25, -0.2) is 17.7 Å². The van der Waals surface area contributed by atoms with E-state index in [0.717, 1.165) is 31.7 Å². The van der Waals surface area contributed by atoms with E-state index in [1.54, 1.807) is 12.1 Å². The van der Waals surface area contributed by atoms with Gasteiger partial charge in [0, 0.05) is 39.9 Å². The first kappa shape index (κ1) is 15.2. The van der Waals surface area contributed by atoms with E-state index in [1.807, 2.05) is 7.05 Å². The van der Waals surface area contributed by atoms with Crippen LogP contribution in [0.2, 0.25) is 0 Å². The van der Waals surface area contributed by atoms with E-state index in [2.05, 4.69) is 15.2 Å². The smallest absolute Gasteiger partial charge is 0.244 e. The number of nitrogens with one attached hydrogen (secondary N) is 1. The maximum atomic E-state index is 12.0. The molecule has 0 aromatic carbocycles. The van der Waals surface area contributed by atoms with Crippen molar-refractivity contribution in [1.29, 1.82) is 0 Å². The third-order valence-electron chi connectivity index (χ3n) is 3.68. The van der Waals surface area contributed by atoms with E-state index < -0.39 is 10.0 Å². The molecule has 1 unspecified atom stereocenters. The lowest BCUT2D eigenvalue weighted by Crippen LogP contribution is -2.44. The van der Waals surface area contributed by atoms with Crippen molar-refractivity contribution in [3.05, 3.63) is 18.3 Å². The lowest BCUT2D eigenvalue weighted by Gasteiger charge is -2.32. The minimum Gasteiger partial charge on any atom is -0.355 e. The molecule has 112 valence electrons. The highest BCUT2D eigenvalue weighted by molar-refractivity contribution is 7.89. The second kappa shape index (κ2) is 6.07. The molecule has 7 heteroatoms. The molecule has 1 atom stereocenters. The largest absolute Gasteiger partial charge is 0.355 e. The van der Waals surface area contributed by atoms with Gasteiger partial charge in [0.1, 0.15) is 10.7 Å². The molecular formula is C13H22N4O2S. The van der Waals surface area contributed by atoms with Crippen molar-refractivity contribution >= 4 is 15.8 Å². The molecule has 0 radical (unpaired) electrons. The van der Waals surface area contributed by atoms with Gasteiger partial charge in [0.15, 0.2) is 0 Å². The zero-order valence-electron chi connectivity index (χ0n) is 12.2. The zero-order chi connectivity index (χ0) is 14.8. The maximum absolute atomic E-state index is 12.0. The minimum atomic E-state index is -3.40. The first-order valence-electron chi connectivity index (χ1n) is 6.75. The number of hydrogen-bond acceptors (Lipinski definition) is 5. The van der Waals surface area contributed by atoms with Gasteiger partial charge in [-0.3, -0.25) is 0 Å². The summed E-state index contributed by atoms with van der Waals surface area (Å²) in [5.74, 6) is 0.802. The number of nitrogens with zero attached hydrogens (tertiary/aromatic N) is 3. The van der Waals surface area contributed by atoms with E-state index >= 15 is 0 Å². The van der Waals surface area contributed by atoms with Crippen LogP contribution >= 0.6 is 0 Å². The SMILES string of the molecule is CN(c1ccc(S(=O)(=O)N(C)C)cn1)C1CCCNC1. The molecule has 1 aliphatic rings. The van der Waals surface area contributed by atoms with Crippen molar-refractivity contribution in [3.63, 3.8) is 0 Å². The summed E-state index contributed by atoms with van der Waals surface area (Å²) in [7, 11) is 1.63. The molecule has 1 saturated heterocycles. The van der Waals surface area contributed by atoms with Crippen molar-refractivity contribution in [2.24, 2.45) is 0 Å². The van der Waals surface area contributed by atoms with Gasteiger partial charge in [0.2, 0.25) is 10.0 Å². The Morgan fingerprint density at radius 2 is 2.05 bits per heavy atom. The molecule has 1 fully saturated rings. The summed E-state index contributed by atoms with van der Waals surface area (Å²) >= 11 is 0. The van der Waals surface area contributed by atoms with Crippen LogP contribution in [0.25, 0.3) is 0 Å². The molecule has 1 N–H and O–H groups in total. The van der Waals surface area contributed by atoms with E-state index in [1.165, 1.54) is 24.6 Å². The van der Waals surface area contributed by atoms with Crippen molar-refractivity contribution in [2.75, 3.05) is 39.1 Å². The Balaban J connectivity index is 2.15. The molecule has 2 heterocycles. The van der Waals surface area contributed by atoms with E-state index in [4.69, 9.17) is 0 Å². The van der Waals surface area contributed by atoms with Gasteiger partial charge in [-0.2, -0.15) is 0 Å². The molecule has 1 aromatic rings. The van der Waals surface area contributed by atoms with Crippen LogP contribution < -0.4 is 10.2 Å². The summed E-state index contributed by atoms with van der Waals surface area (Å²) in [5.41, 5.74) is 0. The summed E-state index contributed by atoms with van der Waals surface area (Å²) in [6.07, 6.45) is 3.71. The Hall–Kier alpha value is -1.18. The number of sulfonamides is 1. The lowest BCUT2D eigenvalue weighted by atomic mass is 10.1. The highest BCUT2D eigenvalue weighted by Gasteiger charge is 2.21. The molecule has 20 heavy (non-hydrogen) atoms. The highest BCUT2D eigenvalue weighted by atomic mass is 32.2. The minimum absolute atomic E-state index is 0.224. The zero-order valence-corrected chi connectivity index (χ0v) is 13.0. The Morgan fingerprint density at radius 1 is 1.30 bits per heavy atom. The fourth-order valence-corrected chi connectivity index (χ4v) is 3.14. The molecule has 6 nitrogen and oxygen atoms in total. The average molecular weight is 298 g/mol. The van der Waals surface area contributed by atoms with Crippen molar-refractivity contribution in [2.45, 2.75) is 23.8 Å². The van der Waals surface area contributed by atoms with Gasteiger partial charge in [0.05, 0.1) is 0 Å². The Morgan fingerprint density at radius 3 is 2.55 bits per heavy atom. The van der Waals surface area contributed by atoms with Gasteiger partial charge in [-0.15, -0.1) is 0 Å². The Labute approximate surface area is 120 Å². The fourth-order valence-electron chi connectivity index (χ4n) is 2.30. The van der Waals surface area contributed by atoms with Gasteiger partial charge in [-0.05, 0) is 31.5 Å².